The topological polar surface area (TPSA) is 81.9 Å². The molecule has 0 bridgehead atoms. The predicted octanol–water partition coefficient (Wildman–Crippen LogP) is 4.40. The molecule has 0 spiro atoms. The summed E-state index contributed by atoms with van der Waals surface area (Å²) in [5, 5.41) is 4.19. The van der Waals surface area contributed by atoms with Crippen molar-refractivity contribution in [2.75, 3.05) is 24.5 Å². The number of likely N-dealkylation sites (N-methyl/N-ethyl adjacent to an activating group) is 1. The van der Waals surface area contributed by atoms with Gasteiger partial charge in [0.1, 0.15) is 6.04 Å². The SMILES string of the molecule is C=CN(C(=O)N(N)C(C)C)c1ccc(C2CCN(C(C(=O)NCC)c3ccccc3)CC2)cc1. The molecule has 1 saturated heterocycles. The van der Waals surface area contributed by atoms with Gasteiger partial charge in [-0.05, 0) is 75.9 Å². The third kappa shape index (κ3) is 5.85. The van der Waals surface area contributed by atoms with Crippen LogP contribution in [0.1, 0.15) is 56.7 Å². The zero-order chi connectivity index (χ0) is 24.7. The number of hydrogen-bond donors (Lipinski definition) is 2. The highest BCUT2D eigenvalue weighted by Gasteiger charge is 2.31. The molecule has 34 heavy (non-hydrogen) atoms. The largest absolute Gasteiger partial charge is 0.355 e. The van der Waals surface area contributed by atoms with Crippen LogP contribution in [0.4, 0.5) is 10.5 Å². The minimum Gasteiger partial charge on any atom is -0.355 e. The summed E-state index contributed by atoms with van der Waals surface area (Å²) in [7, 11) is 0. The molecule has 3 rings (SSSR count). The third-order valence-electron chi connectivity index (χ3n) is 6.42. The highest BCUT2D eigenvalue weighted by molar-refractivity contribution is 5.93. The van der Waals surface area contributed by atoms with Crippen LogP contribution in [-0.4, -0.2) is 47.5 Å². The number of urea groups is 1. The van der Waals surface area contributed by atoms with Crippen molar-refractivity contribution in [3.05, 3.63) is 78.5 Å². The molecular weight excluding hydrogens is 426 g/mol. The molecule has 182 valence electrons. The number of amides is 3. The smallest absolute Gasteiger partial charge is 0.342 e. The van der Waals surface area contributed by atoms with E-state index >= 15 is 0 Å². The lowest BCUT2D eigenvalue weighted by molar-refractivity contribution is -0.127. The maximum absolute atomic E-state index is 12.9. The van der Waals surface area contributed by atoms with Crippen LogP contribution in [0.3, 0.4) is 0 Å². The van der Waals surface area contributed by atoms with Crippen LogP contribution >= 0.6 is 0 Å². The van der Waals surface area contributed by atoms with Crippen LogP contribution in [0, 0.1) is 0 Å². The number of benzene rings is 2. The normalized spacial score (nSPS) is 15.6. The van der Waals surface area contributed by atoms with Crippen molar-refractivity contribution >= 4 is 17.6 Å². The van der Waals surface area contributed by atoms with E-state index in [1.54, 1.807) is 0 Å². The van der Waals surface area contributed by atoms with Gasteiger partial charge in [0, 0.05) is 18.8 Å². The molecule has 1 heterocycles. The fourth-order valence-electron chi connectivity index (χ4n) is 4.47. The van der Waals surface area contributed by atoms with E-state index in [1.165, 1.54) is 21.7 Å². The van der Waals surface area contributed by atoms with Crippen LogP contribution in [0.15, 0.2) is 67.4 Å². The molecule has 3 N–H and O–H groups in total. The van der Waals surface area contributed by atoms with Crippen molar-refractivity contribution in [2.24, 2.45) is 5.84 Å². The van der Waals surface area contributed by atoms with E-state index < -0.39 is 0 Å². The maximum atomic E-state index is 12.9. The minimum atomic E-state index is -0.316. The van der Waals surface area contributed by atoms with E-state index in [2.05, 4.69) is 28.9 Å². The van der Waals surface area contributed by atoms with Crippen molar-refractivity contribution in [1.29, 1.82) is 0 Å². The van der Waals surface area contributed by atoms with E-state index in [0.717, 1.165) is 37.2 Å². The highest BCUT2D eigenvalue weighted by Crippen LogP contribution is 2.33. The molecule has 0 aromatic heterocycles. The standard InChI is InChI=1S/C27H37N5O2/c1-5-29-26(33)25(23-10-8-7-9-11-23)30-18-16-22(17-19-30)21-12-14-24(15-13-21)31(6-2)27(34)32(28)20(3)4/h6-15,20,22,25H,2,5,16-19,28H2,1,3-4H3,(H,29,33). The first-order valence-electron chi connectivity index (χ1n) is 12.0. The molecule has 2 aromatic carbocycles. The van der Waals surface area contributed by atoms with Gasteiger partial charge in [-0.25, -0.2) is 10.6 Å². The van der Waals surface area contributed by atoms with Gasteiger partial charge in [0.25, 0.3) is 0 Å². The zero-order valence-electron chi connectivity index (χ0n) is 20.5. The second kappa shape index (κ2) is 11.8. The Morgan fingerprint density at radius 2 is 1.74 bits per heavy atom. The number of carbonyl (C=O) groups is 2. The molecule has 7 heteroatoms. The number of rotatable bonds is 8. The Morgan fingerprint density at radius 3 is 2.26 bits per heavy atom. The molecule has 3 amide bonds. The summed E-state index contributed by atoms with van der Waals surface area (Å²) in [6, 6.07) is 17.3. The van der Waals surface area contributed by atoms with E-state index in [4.69, 9.17) is 5.84 Å². The fourth-order valence-corrected chi connectivity index (χ4v) is 4.47. The Labute approximate surface area is 203 Å². The summed E-state index contributed by atoms with van der Waals surface area (Å²) in [6.45, 7) is 11.8. The molecule has 1 fully saturated rings. The van der Waals surface area contributed by atoms with Crippen LogP contribution in [0.2, 0.25) is 0 Å². The maximum Gasteiger partial charge on any atom is 0.342 e. The third-order valence-corrected chi connectivity index (χ3v) is 6.42. The van der Waals surface area contributed by atoms with Gasteiger partial charge in [-0.15, -0.1) is 0 Å². The van der Waals surface area contributed by atoms with Crippen LogP contribution in [0.5, 0.6) is 0 Å². The van der Waals surface area contributed by atoms with Gasteiger partial charge in [0.05, 0.1) is 5.69 Å². The van der Waals surface area contributed by atoms with Crippen LogP contribution < -0.4 is 16.1 Å². The number of nitrogens with one attached hydrogen (secondary N) is 1. The summed E-state index contributed by atoms with van der Waals surface area (Å²) < 4.78 is 0. The van der Waals surface area contributed by atoms with E-state index in [9.17, 15) is 9.59 Å². The Bertz CT molecular complexity index is 953. The van der Waals surface area contributed by atoms with Crippen molar-refractivity contribution in [2.45, 2.75) is 51.6 Å². The van der Waals surface area contributed by atoms with Gasteiger partial charge in [-0.2, -0.15) is 0 Å². The molecule has 1 aliphatic heterocycles. The molecule has 1 aliphatic rings. The zero-order valence-corrected chi connectivity index (χ0v) is 20.5. The van der Waals surface area contributed by atoms with E-state index in [0.29, 0.717) is 12.5 Å². The number of hydrazine groups is 1. The Kier molecular flexibility index (Phi) is 8.85. The van der Waals surface area contributed by atoms with Crippen molar-refractivity contribution in [1.82, 2.24) is 15.2 Å². The number of nitrogens with zero attached hydrogens (tertiary/aromatic N) is 3. The van der Waals surface area contributed by atoms with E-state index in [1.807, 2.05) is 63.2 Å². The fraction of sp³-hybridized carbons (Fsp3) is 0.407. The highest BCUT2D eigenvalue weighted by atomic mass is 16.2. The predicted molar refractivity (Wildman–Crippen MR) is 137 cm³/mol. The molecule has 7 nitrogen and oxygen atoms in total. The van der Waals surface area contributed by atoms with Gasteiger partial charge in [0.15, 0.2) is 0 Å². The number of anilines is 1. The summed E-state index contributed by atoms with van der Waals surface area (Å²) in [5.41, 5.74) is 3.00. The number of nitrogens with two attached hydrogens (primary N) is 1. The second-order valence-electron chi connectivity index (χ2n) is 8.95. The molecule has 1 atom stereocenters. The van der Waals surface area contributed by atoms with Crippen molar-refractivity contribution in [3.63, 3.8) is 0 Å². The second-order valence-corrected chi connectivity index (χ2v) is 8.95. The molecule has 0 aliphatic carbocycles. The average molecular weight is 464 g/mol. The van der Waals surface area contributed by atoms with Crippen LogP contribution in [0.25, 0.3) is 0 Å². The first-order chi connectivity index (χ1) is 16.4. The quantitative estimate of drug-likeness (QED) is 0.345. The summed E-state index contributed by atoms with van der Waals surface area (Å²) in [4.78, 5) is 29.2. The summed E-state index contributed by atoms with van der Waals surface area (Å²) in [5.74, 6) is 6.37. The molecule has 0 radical (unpaired) electrons. The van der Waals surface area contributed by atoms with Gasteiger partial charge < -0.3 is 5.32 Å². The number of likely N-dealkylation sites (tertiary alicyclic amines) is 1. The van der Waals surface area contributed by atoms with Crippen LogP contribution in [-0.2, 0) is 4.79 Å². The monoisotopic (exact) mass is 463 g/mol. The summed E-state index contributed by atoms with van der Waals surface area (Å²) >= 11 is 0. The Hall–Kier alpha value is -3.16. The summed E-state index contributed by atoms with van der Waals surface area (Å²) in [6.07, 6.45) is 3.43. The number of carbonyl (C=O) groups excluding carboxylic acids is 2. The molecule has 0 saturated carbocycles. The first kappa shape index (κ1) is 25.5. The Balaban J connectivity index is 1.68. The molecule has 2 aromatic rings. The minimum absolute atomic E-state index is 0.0565. The lowest BCUT2D eigenvalue weighted by Gasteiger charge is -2.37. The van der Waals surface area contributed by atoms with Gasteiger partial charge in [0.2, 0.25) is 5.91 Å². The lowest BCUT2D eigenvalue weighted by Crippen LogP contribution is -2.48. The number of hydrogen-bond acceptors (Lipinski definition) is 4. The Morgan fingerprint density at radius 1 is 1.12 bits per heavy atom. The number of piperidine rings is 1. The molecular formula is C27H37N5O2. The van der Waals surface area contributed by atoms with Crippen molar-refractivity contribution in [3.8, 4) is 0 Å². The van der Waals surface area contributed by atoms with Gasteiger partial charge in [-0.1, -0.05) is 49.0 Å². The van der Waals surface area contributed by atoms with Crippen molar-refractivity contribution < 1.29 is 9.59 Å². The lowest BCUT2D eigenvalue weighted by atomic mass is 9.88. The van der Waals surface area contributed by atoms with Gasteiger partial charge >= 0.3 is 6.03 Å². The molecule has 1 unspecified atom stereocenters. The average Bonchev–Trinajstić information content (AvgIpc) is 2.86. The van der Waals surface area contributed by atoms with Gasteiger partial charge in [-0.3, -0.25) is 19.6 Å². The first-order valence-corrected chi connectivity index (χ1v) is 12.0. The van der Waals surface area contributed by atoms with E-state index in [-0.39, 0.29) is 24.0 Å².